The number of benzene rings is 1. The first-order valence-electron chi connectivity index (χ1n) is 7.96. The Bertz CT molecular complexity index is 696. The Morgan fingerprint density at radius 2 is 2.21 bits per heavy atom. The maximum Gasteiger partial charge on any atom is 0.318 e. The fourth-order valence-electron chi connectivity index (χ4n) is 2.75. The largest absolute Gasteiger partial charge is 0.370 e. The van der Waals surface area contributed by atoms with Gasteiger partial charge in [-0.05, 0) is 24.6 Å². The normalized spacial score (nSPS) is 18.9. The van der Waals surface area contributed by atoms with Crippen LogP contribution in [0.25, 0.3) is 0 Å². The zero-order valence-corrected chi connectivity index (χ0v) is 14.2. The molecule has 2 amide bonds. The highest BCUT2D eigenvalue weighted by atomic mass is 35.5. The van der Waals surface area contributed by atoms with Gasteiger partial charge >= 0.3 is 6.03 Å². The highest BCUT2D eigenvalue weighted by Gasteiger charge is 2.27. The number of carbonyl (C=O) groups excluding carboxylic acids is 1. The number of pyridine rings is 1. The molecule has 3 rings (SSSR count). The van der Waals surface area contributed by atoms with Gasteiger partial charge in [0.05, 0.1) is 19.2 Å². The zero-order valence-electron chi connectivity index (χ0n) is 13.5. The summed E-state index contributed by atoms with van der Waals surface area (Å²) in [6, 6.07) is 11.2. The maximum absolute atomic E-state index is 12.5. The van der Waals surface area contributed by atoms with Crippen molar-refractivity contribution in [2.24, 2.45) is 0 Å². The Labute approximate surface area is 146 Å². The summed E-state index contributed by atoms with van der Waals surface area (Å²) in [6.45, 7) is 3.48. The first-order chi connectivity index (χ1) is 11.6. The number of aromatic nitrogens is 1. The van der Waals surface area contributed by atoms with Gasteiger partial charge in [-0.15, -0.1) is 0 Å². The Morgan fingerprint density at radius 3 is 2.96 bits per heavy atom. The molecule has 2 atom stereocenters. The van der Waals surface area contributed by atoms with E-state index in [0.29, 0.717) is 24.7 Å². The number of urea groups is 1. The molecule has 2 unspecified atom stereocenters. The quantitative estimate of drug-likeness (QED) is 0.925. The molecule has 6 heteroatoms. The minimum absolute atomic E-state index is 0.104. The average Bonchev–Trinajstić information content (AvgIpc) is 2.63. The van der Waals surface area contributed by atoms with E-state index in [1.165, 1.54) is 0 Å². The van der Waals surface area contributed by atoms with E-state index in [2.05, 4.69) is 10.3 Å². The van der Waals surface area contributed by atoms with Crippen LogP contribution in [-0.2, 0) is 4.74 Å². The molecular formula is C18H20ClN3O2. The molecule has 24 heavy (non-hydrogen) atoms. The van der Waals surface area contributed by atoms with Gasteiger partial charge in [-0.1, -0.05) is 35.9 Å². The number of carbonyl (C=O) groups is 1. The van der Waals surface area contributed by atoms with Gasteiger partial charge < -0.3 is 15.0 Å². The topological polar surface area (TPSA) is 54.5 Å². The molecule has 2 heterocycles. The Hall–Kier alpha value is -2.11. The molecule has 1 aromatic heterocycles. The fourth-order valence-corrected chi connectivity index (χ4v) is 3.01. The van der Waals surface area contributed by atoms with E-state index in [9.17, 15) is 4.79 Å². The third-order valence-electron chi connectivity index (χ3n) is 4.13. The molecule has 1 N–H and O–H groups in total. The van der Waals surface area contributed by atoms with E-state index >= 15 is 0 Å². The Kier molecular flexibility index (Phi) is 5.33. The van der Waals surface area contributed by atoms with E-state index in [1.807, 2.05) is 43.3 Å². The predicted molar refractivity (Wildman–Crippen MR) is 92.9 cm³/mol. The molecule has 1 aliphatic rings. The van der Waals surface area contributed by atoms with Crippen molar-refractivity contribution < 1.29 is 9.53 Å². The molecule has 0 saturated carbocycles. The molecule has 126 valence electrons. The van der Waals surface area contributed by atoms with Gasteiger partial charge in [0, 0.05) is 29.5 Å². The minimum Gasteiger partial charge on any atom is -0.370 e. The summed E-state index contributed by atoms with van der Waals surface area (Å²) in [7, 11) is 0. The van der Waals surface area contributed by atoms with Crippen molar-refractivity contribution >= 4 is 17.6 Å². The van der Waals surface area contributed by atoms with Crippen molar-refractivity contribution in [3.05, 3.63) is 64.9 Å². The lowest BCUT2D eigenvalue weighted by Gasteiger charge is -2.34. The summed E-state index contributed by atoms with van der Waals surface area (Å²) in [6.07, 6.45) is 3.28. The molecule has 0 spiro atoms. The molecule has 0 radical (unpaired) electrons. The third kappa shape index (κ3) is 3.86. The third-order valence-corrected chi connectivity index (χ3v) is 4.47. The number of halogens is 1. The summed E-state index contributed by atoms with van der Waals surface area (Å²) < 4.78 is 5.80. The standard InChI is InChI=1S/C18H20ClN3O2/c1-13(14-5-4-8-20-11-14)21-18(23)22-9-10-24-17(12-22)15-6-2-3-7-16(15)19/h2-8,11,13,17H,9-10,12H2,1H3,(H,21,23). The minimum atomic E-state index is -0.202. The van der Waals surface area contributed by atoms with Crippen LogP contribution in [0.4, 0.5) is 4.79 Å². The number of nitrogens with zero attached hydrogens (tertiary/aromatic N) is 2. The van der Waals surface area contributed by atoms with Crippen LogP contribution in [-0.4, -0.2) is 35.6 Å². The second-order valence-electron chi connectivity index (χ2n) is 5.78. The van der Waals surface area contributed by atoms with Crippen LogP contribution in [0.5, 0.6) is 0 Å². The van der Waals surface area contributed by atoms with E-state index in [4.69, 9.17) is 16.3 Å². The highest BCUT2D eigenvalue weighted by Crippen LogP contribution is 2.28. The number of hydrogen-bond acceptors (Lipinski definition) is 3. The monoisotopic (exact) mass is 345 g/mol. The van der Waals surface area contributed by atoms with Gasteiger partial charge in [-0.2, -0.15) is 0 Å². The predicted octanol–water partition coefficient (Wildman–Crippen LogP) is 3.58. The molecule has 2 aromatic rings. The summed E-state index contributed by atoms with van der Waals surface area (Å²) >= 11 is 6.24. The van der Waals surface area contributed by atoms with Crippen LogP contribution in [0, 0.1) is 0 Å². The first kappa shape index (κ1) is 16.7. The Balaban J connectivity index is 1.64. The van der Waals surface area contributed by atoms with E-state index in [1.54, 1.807) is 17.3 Å². The fraction of sp³-hybridized carbons (Fsp3) is 0.333. The van der Waals surface area contributed by atoms with Crippen LogP contribution in [0.1, 0.15) is 30.2 Å². The van der Waals surface area contributed by atoms with E-state index < -0.39 is 0 Å². The van der Waals surface area contributed by atoms with Crippen LogP contribution in [0.15, 0.2) is 48.8 Å². The van der Waals surface area contributed by atoms with Crippen LogP contribution in [0.3, 0.4) is 0 Å². The van der Waals surface area contributed by atoms with Gasteiger partial charge in [-0.25, -0.2) is 4.79 Å². The van der Waals surface area contributed by atoms with Crippen molar-refractivity contribution in [3.63, 3.8) is 0 Å². The number of morpholine rings is 1. The van der Waals surface area contributed by atoms with Crippen LogP contribution >= 0.6 is 11.6 Å². The lowest BCUT2D eigenvalue weighted by molar-refractivity contribution is -0.0156. The second kappa shape index (κ2) is 7.64. The summed E-state index contributed by atoms with van der Waals surface area (Å²) in [5, 5.41) is 3.67. The van der Waals surface area contributed by atoms with E-state index in [0.717, 1.165) is 11.1 Å². The maximum atomic E-state index is 12.5. The van der Waals surface area contributed by atoms with Gasteiger partial charge in [-0.3, -0.25) is 4.98 Å². The zero-order chi connectivity index (χ0) is 16.9. The molecule has 1 aliphatic heterocycles. The lowest BCUT2D eigenvalue weighted by atomic mass is 10.1. The van der Waals surface area contributed by atoms with Gasteiger partial charge in [0.25, 0.3) is 0 Å². The van der Waals surface area contributed by atoms with E-state index in [-0.39, 0.29) is 18.2 Å². The number of rotatable bonds is 3. The van der Waals surface area contributed by atoms with Crippen molar-refractivity contribution in [2.75, 3.05) is 19.7 Å². The first-order valence-corrected chi connectivity index (χ1v) is 8.34. The molecule has 1 fully saturated rings. The summed E-state index contributed by atoms with van der Waals surface area (Å²) in [5.74, 6) is 0. The molecule has 1 aromatic carbocycles. The SMILES string of the molecule is CC(NC(=O)N1CCOC(c2ccccc2Cl)C1)c1cccnc1. The number of amides is 2. The van der Waals surface area contributed by atoms with Crippen LogP contribution in [0.2, 0.25) is 5.02 Å². The smallest absolute Gasteiger partial charge is 0.318 e. The number of ether oxygens (including phenoxy) is 1. The van der Waals surface area contributed by atoms with Gasteiger partial charge in [0.15, 0.2) is 0 Å². The molecule has 5 nitrogen and oxygen atoms in total. The lowest BCUT2D eigenvalue weighted by Crippen LogP contribution is -2.47. The Morgan fingerprint density at radius 1 is 1.38 bits per heavy atom. The number of hydrogen-bond donors (Lipinski definition) is 1. The average molecular weight is 346 g/mol. The van der Waals surface area contributed by atoms with Crippen molar-refractivity contribution in [3.8, 4) is 0 Å². The molecule has 0 bridgehead atoms. The van der Waals surface area contributed by atoms with Crippen molar-refractivity contribution in [1.29, 1.82) is 0 Å². The molecule has 1 saturated heterocycles. The molecule has 0 aliphatic carbocycles. The van der Waals surface area contributed by atoms with Crippen LogP contribution < -0.4 is 5.32 Å². The highest BCUT2D eigenvalue weighted by molar-refractivity contribution is 6.31. The number of nitrogens with one attached hydrogen (secondary N) is 1. The van der Waals surface area contributed by atoms with Gasteiger partial charge in [0.2, 0.25) is 0 Å². The summed E-state index contributed by atoms with van der Waals surface area (Å²) in [4.78, 5) is 18.4. The molecular weight excluding hydrogens is 326 g/mol. The van der Waals surface area contributed by atoms with Crippen molar-refractivity contribution in [2.45, 2.75) is 19.1 Å². The van der Waals surface area contributed by atoms with Crippen molar-refractivity contribution in [1.82, 2.24) is 15.2 Å². The summed E-state index contributed by atoms with van der Waals surface area (Å²) in [5.41, 5.74) is 1.89. The second-order valence-corrected chi connectivity index (χ2v) is 6.19. The van der Waals surface area contributed by atoms with Gasteiger partial charge in [0.1, 0.15) is 6.10 Å².